The van der Waals surface area contributed by atoms with Gasteiger partial charge in [0.15, 0.2) is 0 Å². The zero-order valence-electron chi connectivity index (χ0n) is 12.7. The van der Waals surface area contributed by atoms with Crippen molar-refractivity contribution in [3.8, 4) is 0 Å². The zero-order valence-corrected chi connectivity index (χ0v) is 12.7. The fraction of sp³-hybridized carbons (Fsp3) is 0.588. The van der Waals surface area contributed by atoms with Crippen LogP contribution < -0.4 is 5.73 Å². The summed E-state index contributed by atoms with van der Waals surface area (Å²) in [7, 11) is 0. The molecular formula is C17H26N2O. The molecule has 1 aromatic carbocycles. The predicted molar refractivity (Wildman–Crippen MR) is 82.9 cm³/mol. The summed E-state index contributed by atoms with van der Waals surface area (Å²) < 4.78 is 0. The topological polar surface area (TPSA) is 46.3 Å². The smallest absolute Gasteiger partial charge is 0.253 e. The van der Waals surface area contributed by atoms with Crippen molar-refractivity contribution in [3.63, 3.8) is 0 Å². The lowest BCUT2D eigenvalue weighted by molar-refractivity contribution is 0.0735. The number of hydrogen-bond acceptors (Lipinski definition) is 2. The van der Waals surface area contributed by atoms with Gasteiger partial charge in [0, 0.05) is 18.7 Å². The molecule has 3 heteroatoms. The van der Waals surface area contributed by atoms with Crippen LogP contribution in [0.5, 0.6) is 0 Å². The normalized spacial score (nSPS) is 13.6. The third-order valence-corrected chi connectivity index (χ3v) is 3.85. The average Bonchev–Trinajstić information content (AvgIpc) is 2.89. The Morgan fingerprint density at radius 3 is 2.75 bits per heavy atom. The van der Waals surface area contributed by atoms with Crippen molar-refractivity contribution in [1.29, 1.82) is 0 Å². The van der Waals surface area contributed by atoms with Crippen molar-refractivity contribution in [1.82, 2.24) is 4.90 Å². The van der Waals surface area contributed by atoms with Crippen LogP contribution in [0, 0.1) is 5.92 Å². The van der Waals surface area contributed by atoms with Crippen LogP contribution in [-0.2, 0) is 12.8 Å². The van der Waals surface area contributed by atoms with Crippen LogP contribution in [0.1, 0.15) is 48.2 Å². The minimum absolute atomic E-state index is 0.154. The van der Waals surface area contributed by atoms with Crippen LogP contribution in [0.2, 0.25) is 0 Å². The van der Waals surface area contributed by atoms with Gasteiger partial charge in [0.25, 0.3) is 5.91 Å². The van der Waals surface area contributed by atoms with E-state index in [0.29, 0.717) is 12.5 Å². The van der Waals surface area contributed by atoms with Crippen LogP contribution in [0.15, 0.2) is 18.2 Å². The van der Waals surface area contributed by atoms with E-state index in [1.807, 2.05) is 11.0 Å². The highest BCUT2D eigenvalue weighted by Gasteiger charge is 2.19. The largest absolute Gasteiger partial charge is 0.338 e. The van der Waals surface area contributed by atoms with Crippen LogP contribution in [0.25, 0.3) is 0 Å². The molecule has 1 aliphatic rings. The molecule has 0 heterocycles. The Morgan fingerprint density at radius 1 is 1.30 bits per heavy atom. The molecule has 0 saturated heterocycles. The molecule has 0 bridgehead atoms. The van der Waals surface area contributed by atoms with Gasteiger partial charge in [-0.1, -0.05) is 19.9 Å². The molecule has 2 rings (SSSR count). The lowest BCUT2D eigenvalue weighted by Crippen LogP contribution is -2.36. The molecule has 0 spiro atoms. The first-order chi connectivity index (χ1) is 9.61. The quantitative estimate of drug-likeness (QED) is 0.866. The number of benzene rings is 1. The zero-order chi connectivity index (χ0) is 14.5. The average molecular weight is 274 g/mol. The molecule has 3 nitrogen and oxygen atoms in total. The predicted octanol–water partition coefficient (Wildman–Crippen LogP) is 2.62. The molecule has 0 saturated carbocycles. The molecular weight excluding hydrogens is 248 g/mol. The number of hydrogen-bond donors (Lipinski definition) is 1. The number of amides is 1. The SMILES string of the molecule is CC(C)CN(CCCN)C(=O)c1ccc2c(c1)CCC2. The fourth-order valence-electron chi connectivity index (χ4n) is 2.89. The molecule has 0 atom stereocenters. The van der Waals surface area contributed by atoms with Crippen LogP contribution in [-0.4, -0.2) is 30.4 Å². The maximum Gasteiger partial charge on any atom is 0.253 e. The van der Waals surface area contributed by atoms with Crippen LogP contribution in [0.4, 0.5) is 0 Å². The summed E-state index contributed by atoms with van der Waals surface area (Å²) in [6, 6.07) is 6.22. The molecule has 0 radical (unpaired) electrons. The Kier molecular flexibility index (Phi) is 5.18. The van der Waals surface area contributed by atoms with E-state index in [2.05, 4.69) is 26.0 Å². The van der Waals surface area contributed by atoms with Crippen LogP contribution >= 0.6 is 0 Å². The van der Waals surface area contributed by atoms with E-state index in [-0.39, 0.29) is 5.91 Å². The Bertz CT molecular complexity index is 468. The summed E-state index contributed by atoms with van der Waals surface area (Å²) in [6.07, 6.45) is 4.36. The van der Waals surface area contributed by atoms with Crippen LogP contribution in [0.3, 0.4) is 0 Å². The Labute approximate surface area is 122 Å². The van der Waals surface area contributed by atoms with E-state index in [1.165, 1.54) is 17.5 Å². The first-order valence-electron chi connectivity index (χ1n) is 7.73. The van der Waals surface area contributed by atoms with Crippen molar-refractivity contribution in [2.75, 3.05) is 19.6 Å². The van der Waals surface area contributed by atoms with Gasteiger partial charge < -0.3 is 10.6 Å². The molecule has 1 aromatic rings. The number of nitrogens with two attached hydrogens (primary N) is 1. The summed E-state index contributed by atoms with van der Waals surface area (Å²) >= 11 is 0. The molecule has 110 valence electrons. The Hall–Kier alpha value is -1.35. The van der Waals surface area contributed by atoms with Gasteiger partial charge in [0.1, 0.15) is 0 Å². The van der Waals surface area contributed by atoms with Gasteiger partial charge in [-0.3, -0.25) is 4.79 Å². The standard InChI is InChI=1S/C17H26N2O/c1-13(2)12-19(10-4-9-18)17(20)16-8-7-14-5-3-6-15(14)11-16/h7-8,11,13H,3-6,9-10,12,18H2,1-2H3. The van der Waals surface area contributed by atoms with Gasteiger partial charge >= 0.3 is 0 Å². The lowest BCUT2D eigenvalue weighted by atomic mass is 10.0. The highest BCUT2D eigenvalue weighted by atomic mass is 16.2. The van der Waals surface area contributed by atoms with Gasteiger partial charge in [-0.05, 0) is 61.4 Å². The lowest BCUT2D eigenvalue weighted by Gasteiger charge is -2.24. The summed E-state index contributed by atoms with van der Waals surface area (Å²) in [5.74, 6) is 0.632. The molecule has 0 aliphatic heterocycles. The van der Waals surface area contributed by atoms with E-state index in [9.17, 15) is 4.79 Å². The van der Waals surface area contributed by atoms with Gasteiger partial charge in [-0.2, -0.15) is 0 Å². The third kappa shape index (κ3) is 3.60. The second-order valence-corrected chi connectivity index (χ2v) is 6.12. The Morgan fingerprint density at radius 2 is 2.05 bits per heavy atom. The van der Waals surface area contributed by atoms with Crippen molar-refractivity contribution >= 4 is 5.91 Å². The minimum Gasteiger partial charge on any atom is -0.338 e. The molecule has 0 fully saturated rings. The van der Waals surface area contributed by atoms with E-state index in [4.69, 9.17) is 5.73 Å². The fourth-order valence-corrected chi connectivity index (χ4v) is 2.89. The second-order valence-electron chi connectivity index (χ2n) is 6.12. The van der Waals surface area contributed by atoms with E-state index < -0.39 is 0 Å². The summed E-state index contributed by atoms with van der Waals surface area (Å²) in [4.78, 5) is 14.6. The summed E-state index contributed by atoms with van der Waals surface area (Å²) in [5, 5.41) is 0. The van der Waals surface area contributed by atoms with Crippen molar-refractivity contribution in [3.05, 3.63) is 34.9 Å². The van der Waals surface area contributed by atoms with Crippen molar-refractivity contribution in [2.24, 2.45) is 11.7 Å². The first kappa shape index (κ1) is 15.0. The van der Waals surface area contributed by atoms with E-state index in [0.717, 1.165) is 37.9 Å². The second kappa shape index (κ2) is 6.89. The third-order valence-electron chi connectivity index (χ3n) is 3.85. The highest BCUT2D eigenvalue weighted by molar-refractivity contribution is 5.94. The van der Waals surface area contributed by atoms with Gasteiger partial charge in [0.05, 0.1) is 0 Å². The first-order valence-corrected chi connectivity index (χ1v) is 7.73. The summed E-state index contributed by atoms with van der Waals surface area (Å²) in [6.45, 7) is 6.48. The van der Waals surface area contributed by atoms with Crippen molar-refractivity contribution in [2.45, 2.75) is 39.5 Å². The van der Waals surface area contributed by atoms with E-state index >= 15 is 0 Å². The molecule has 1 aliphatic carbocycles. The summed E-state index contributed by atoms with van der Waals surface area (Å²) in [5.41, 5.74) is 9.19. The number of aryl methyl sites for hydroxylation is 2. The van der Waals surface area contributed by atoms with Gasteiger partial charge in [-0.25, -0.2) is 0 Å². The number of carbonyl (C=O) groups excluding carboxylic acids is 1. The van der Waals surface area contributed by atoms with E-state index in [1.54, 1.807) is 0 Å². The highest BCUT2D eigenvalue weighted by Crippen LogP contribution is 2.23. The molecule has 2 N–H and O–H groups in total. The maximum atomic E-state index is 12.7. The maximum absolute atomic E-state index is 12.7. The van der Waals surface area contributed by atoms with Crippen molar-refractivity contribution < 1.29 is 4.79 Å². The number of fused-ring (bicyclic) bond motifs is 1. The number of carbonyl (C=O) groups is 1. The number of nitrogens with zero attached hydrogens (tertiary/aromatic N) is 1. The molecule has 0 unspecified atom stereocenters. The molecule has 1 amide bonds. The number of rotatable bonds is 6. The minimum atomic E-state index is 0.154. The Balaban J connectivity index is 2.13. The van der Waals surface area contributed by atoms with Gasteiger partial charge in [-0.15, -0.1) is 0 Å². The van der Waals surface area contributed by atoms with Gasteiger partial charge in [0.2, 0.25) is 0 Å². The molecule has 0 aromatic heterocycles. The molecule has 20 heavy (non-hydrogen) atoms. The monoisotopic (exact) mass is 274 g/mol.